The molecule has 61 heavy (non-hydrogen) atoms. The van der Waals surface area contributed by atoms with Crippen LogP contribution in [0.1, 0.15) is 27.8 Å². The maximum atomic E-state index is 10.9. The number of nitro groups is 4. The van der Waals surface area contributed by atoms with E-state index in [4.69, 9.17) is 39.1 Å². The highest BCUT2D eigenvalue weighted by atomic mass is 35.5. The Kier molecular flexibility index (Phi) is 24.9. The molecule has 4 N–H and O–H groups in total. The highest BCUT2D eigenvalue weighted by Gasteiger charge is 2.10. The lowest BCUT2D eigenvalue weighted by atomic mass is 10.1. The number of halogens is 2. The van der Waals surface area contributed by atoms with Gasteiger partial charge in [-0.1, -0.05) is 60.7 Å². The SMILES string of the molecule is COC(=O)Cc1cccc([N+](=O)[O-])c1.Nc1cccc(CCCl)c1.O=C(O)Cc1cccc([N+](=O)[O-])c1.O=[N+]([O-])c1cccc(CCCl)c1.O=[N+]([O-])c1cccc(CCO)c1. The lowest BCUT2D eigenvalue weighted by Gasteiger charge is -1.99. The van der Waals surface area contributed by atoms with Gasteiger partial charge in [0.25, 0.3) is 22.7 Å². The average Bonchev–Trinajstić information content (AvgIpc) is 3.22. The number of hydrogen-bond acceptors (Lipinski definition) is 13. The summed E-state index contributed by atoms with van der Waals surface area (Å²) in [5.41, 5.74) is 10.3. The topological polar surface area (TPSA) is 282 Å². The van der Waals surface area contributed by atoms with Crippen molar-refractivity contribution in [3.05, 3.63) is 190 Å². The van der Waals surface area contributed by atoms with Crippen molar-refractivity contribution in [1.29, 1.82) is 0 Å². The number of aryl methyl sites for hydroxylation is 2. The van der Waals surface area contributed by atoms with Crippen molar-refractivity contribution in [2.24, 2.45) is 0 Å². The number of aliphatic hydroxyl groups is 1. The molecule has 0 aliphatic heterocycles. The molecule has 5 aromatic rings. The first kappa shape index (κ1) is 52.0. The predicted molar refractivity (Wildman–Crippen MR) is 230 cm³/mol. The zero-order valence-electron chi connectivity index (χ0n) is 32.7. The molecule has 324 valence electrons. The third-order valence-electron chi connectivity index (χ3n) is 7.53. The van der Waals surface area contributed by atoms with Crippen LogP contribution in [0.4, 0.5) is 28.4 Å². The standard InChI is InChI=1S/C9H9NO4.C8H8ClNO2.C8H10ClN.C8H7NO4.C8H9NO3/c1-14-9(11)6-7-3-2-4-8(5-7)10(12)13;9-5-4-7-2-1-3-8(6-7)10(11)12;9-5-4-7-2-1-3-8(10)6-7;10-8(11)5-6-2-1-3-7(4-6)9(12)13;10-5-4-7-2-1-3-8(6-7)9(11)12/h2-5H,6H2,1H3;1-3,6H,4-5H2;1-3,6H,4-5,10H2;1-4H,5H2,(H,10,11);1-3,6,10H,4-5H2. The fourth-order valence-corrected chi connectivity index (χ4v) is 5.16. The van der Waals surface area contributed by atoms with Crippen molar-refractivity contribution in [1.82, 2.24) is 0 Å². The van der Waals surface area contributed by atoms with Crippen molar-refractivity contribution >= 4 is 63.6 Å². The Hall–Kier alpha value is -7.02. The van der Waals surface area contributed by atoms with Gasteiger partial charge in [-0.05, 0) is 59.2 Å². The lowest BCUT2D eigenvalue weighted by molar-refractivity contribution is -0.385. The quantitative estimate of drug-likeness (QED) is 0.0312. The number of carbonyl (C=O) groups excluding carboxylic acids is 1. The molecule has 0 saturated heterocycles. The molecule has 0 heterocycles. The number of esters is 1. The van der Waals surface area contributed by atoms with Gasteiger partial charge in [0.05, 0.1) is 39.6 Å². The molecule has 5 aromatic carbocycles. The third-order valence-corrected chi connectivity index (χ3v) is 7.91. The fraction of sp³-hybridized carbons (Fsp3) is 0.220. The number of non-ortho nitro benzene ring substituents is 4. The number of rotatable bonds is 14. The van der Waals surface area contributed by atoms with Gasteiger partial charge in [0.2, 0.25) is 0 Å². The minimum atomic E-state index is -1.000. The van der Waals surface area contributed by atoms with Gasteiger partial charge in [-0.25, -0.2) is 0 Å². The fourth-order valence-electron chi connectivity index (χ4n) is 4.72. The number of nitrogen functional groups attached to an aromatic ring is 1. The number of anilines is 1. The van der Waals surface area contributed by atoms with E-state index < -0.39 is 31.6 Å². The summed E-state index contributed by atoms with van der Waals surface area (Å²) in [6.07, 6.45) is 1.89. The van der Waals surface area contributed by atoms with Gasteiger partial charge in [0, 0.05) is 72.6 Å². The second-order valence-corrected chi connectivity index (χ2v) is 12.9. The summed E-state index contributed by atoms with van der Waals surface area (Å²) < 4.78 is 4.45. The summed E-state index contributed by atoms with van der Waals surface area (Å²) in [7, 11) is 1.28. The Labute approximate surface area is 359 Å². The maximum Gasteiger partial charge on any atom is 0.309 e. The number of nitrogens with two attached hydrogens (primary N) is 1. The van der Waals surface area contributed by atoms with E-state index in [-0.39, 0.29) is 42.2 Å². The minimum Gasteiger partial charge on any atom is -0.481 e. The first-order chi connectivity index (χ1) is 29.0. The first-order valence-electron chi connectivity index (χ1n) is 17.8. The number of carbonyl (C=O) groups is 2. The van der Waals surface area contributed by atoms with Crippen molar-refractivity contribution in [3.63, 3.8) is 0 Å². The van der Waals surface area contributed by atoms with Crippen LogP contribution in [-0.2, 0) is 46.4 Å². The number of nitro benzene ring substituents is 4. The van der Waals surface area contributed by atoms with E-state index in [2.05, 4.69) is 4.74 Å². The Bertz CT molecular complexity index is 2150. The molecule has 0 bridgehead atoms. The summed E-state index contributed by atoms with van der Waals surface area (Å²) >= 11 is 11.0. The van der Waals surface area contributed by atoms with Crippen molar-refractivity contribution in [2.75, 3.05) is 31.2 Å². The molecular formula is C41H43Cl2N5O13. The van der Waals surface area contributed by atoms with Crippen molar-refractivity contribution < 1.29 is 44.2 Å². The Balaban J connectivity index is 0.000000383. The number of carboxylic acid groups (broad SMARTS) is 1. The Morgan fingerprint density at radius 3 is 1.21 bits per heavy atom. The molecule has 0 aliphatic carbocycles. The second-order valence-electron chi connectivity index (χ2n) is 12.1. The molecule has 0 unspecified atom stereocenters. The van der Waals surface area contributed by atoms with E-state index in [0.29, 0.717) is 35.7 Å². The zero-order valence-corrected chi connectivity index (χ0v) is 34.2. The van der Waals surface area contributed by atoms with E-state index in [9.17, 15) is 50.0 Å². The van der Waals surface area contributed by atoms with Crippen LogP contribution in [0.3, 0.4) is 0 Å². The predicted octanol–water partition coefficient (Wildman–Crippen LogP) is 8.09. The van der Waals surface area contributed by atoms with Crippen LogP contribution in [0.25, 0.3) is 0 Å². The van der Waals surface area contributed by atoms with E-state index >= 15 is 0 Å². The summed E-state index contributed by atoms with van der Waals surface area (Å²) in [6, 6.07) is 32.1. The normalized spacial score (nSPS) is 9.64. The van der Waals surface area contributed by atoms with Gasteiger partial charge in [-0.2, -0.15) is 0 Å². The van der Waals surface area contributed by atoms with Crippen LogP contribution in [0.5, 0.6) is 0 Å². The third kappa shape index (κ3) is 22.6. The largest absolute Gasteiger partial charge is 0.481 e. The van der Waals surface area contributed by atoms with Gasteiger partial charge >= 0.3 is 11.9 Å². The molecule has 0 amide bonds. The number of hydrogen-bond donors (Lipinski definition) is 3. The number of aliphatic hydroxyl groups excluding tert-OH is 1. The van der Waals surface area contributed by atoms with Crippen molar-refractivity contribution in [2.45, 2.75) is 32.1 Å². The van der Waals surface area contributed by atoms with Crippen LogP contribution in [0, 0.1) is 40.5 Å². The molecule has 0 saturated carbocycles. The molecule has 18 nitrogen and oxygen atoms in total. The van der Waals surface area contributed by atoms with Gasteiger partial charge in [0.1, 0.15) is 0 Å². The molecule has 20 heteroatoms. The summed E-state index contributed by atoms with van der Waals surface area (Å²) in [5, 5.41) is 58.3. The highest BCUT2D eigenvalue weighted by Crippen LogP contribution is 2.16. The van der Waals surface area contributed by atoms with E-state index in [1.54, 1.807) is 36.4 Å². The highest BCUT2D eigenvalue weighted by molar-refractivity contribution is 6.18. The van der Waals surface area contributed by atoms with E-state index in [1.165, 1.54) is 67.3 Å². The van der Waals surface area contributed by atoms with E-state index in [1.807, 2.05) is 30.3 Å². The van der Waals surface area contributed by atoms with Crippen LogP contribution >= 0.6 is 23.2 Å². The Morgan fingerprint density at radius 2 is 0.885 bits per heavy atom. The van der Waals surface area contributed by atoms with Gasteiger partial charge in [-0.15, -0.1) is 23.2 Å². The summed E-state index contributed by atoms with van der Waals surface area (Å²) in [4.78, 5) is 60.6. The van der Waals surface area contributed by atoms with Crippen LogP contribution in [0.2, 0.25) is 0 Å². The lowest BCUT2D eigenvalue weighted by Crippen LogP contribution is -2.04. The number of ether oxygens (including phenoxy) is 1. The first-order valence-corrected chi connectivity index (χ1v) is 18.9. The van der Waals surface area contributed by atoms with Crippen molar-refractivity contribution in [3.8, 4) is 0 Å². The van der Waals surface area contributed by atoms with Crippen LogP contribution in [-0.4, -0.2) is 67.3 Å². The number of methoxy groups -OCH3 is 1. The molecule has 0 aromatic heterocycles. The molecule has 0 aliphatic rings. The minimum absolute atomic E-state index is 0.0150. The number of benzene rings is 5. The van der Waals surface area contributed by atoms with Crippen LogP contribution in [0.15, 0.2) is 121 Å². The molecule has 5 rings (SSSR count). The molecule has 0 atom stereocenters. The number of alkyl halides is 2. The number of aliphatic carboxylic acids is 1. The second kappa shape index (κ2) is 29.2. The average molecular weight is 885 g/mol. The summed E-state index contributed by atoms with van der Waals surface area (Å²) in [6.45, 7) is 0.0150. The summed E-state index contributed by atoms with van der Waals surface area (Å²) in [5.74, 6) is -0.268. The number of carboxylic acids is 1. The van der Waals surface area contributed by atoms with Gasteiger partial charge in [0.15, 0.2) is 0 Å². The zero-order chi connectivity index (χ0) is 45.7. The monoisotopic (exact) mass is 883 g/mol. The molecule has 0 fully saturated rings. The Morgan fingerprint density at radius 1 is 0.557 bits per heavy atom. The number of nitrogens with zero attached hydrogens (tertiary/aromatic N) is 4. The maximum absolute atomic E-state index is 10.9. The molecule has 0 radical (unpaired) electrons. The molecule has 0 spiro atoms. The van der Waals surface area contributed by atoms with Gasteiger partial charge in [-0.3, -0.25) is 50.0 Å². The van der Waals surface area contributed by atoms with Crippen LogP contribution < -0.4 is 5.73 Å². The molecular weight excluding hydrogens is 841 g/mol. The van der Waals surface area contributed by atoms with E-state index in [0.717, 1.165) is 23.2 Å². The van der Waals surface area contributed by atoms with Gasteiger partial charge < -0.3 is 20.7 Å². The smallest absolute Gasteiger partial charge is 0.309 e.